The lowest BCUT2D eigenvalue weighted by Crippen LogP contribution is -2.62. The van der Waals surface area contributed by atoms with Crippen molar-refractivity contribution in [3.8, 4) is 0 Å². The zero-order valence-electron chi connectivity index (χ0n) is 21.2. The molecule has 0 saturated heterocycles. The molecule has 192 valence electrons. The standard InChI is InChI=1S/C27H44N2O5/c1-5-16-18-12-15(30)8-10-26(18,3)17-9-11-27(4)19(22(17)24(16)32)13-20(31)23(27)14(2)6-7-21-28-25(33)34-29-21/h14-20,22-24,30-32H,5-13H2,1-4H3,(H,28,29,33)/t14-,15-,16-,17?,18+,19?,20+,22?,23+,24-,26-,27+/m1/s1. The number of hydrogen-bond donors (Lipinski definition) is 4. The fraction of sp³-hybridized carbons (Fsp3) is 0.926. The number of hydrogen-bond acceptors (Lipinski definition) is 6. The molecule has 4 N–H and O–H groups in total. The predicted molar refractivity (Wildman–Crippen MR) is 128 cm³/mol. The first-order valence-corrected chi connectivity index (χ1v) is 13.7. The highest BCUT2D eigenvalue weighted by Gasteiger charge is 2.66. The van der Waals surface area contributed by atoms with E-state index in [1.165, 1.54) is 0 Å². The third kappa shape index (κ3) is 3.64. The van der Waals surface area contributed by atoms with Gasteiger partial charge in [0.25, 0.3) is 0 Å². The Morgan fingerprint density at radius 2 is 1.82 bits per heavy atom. The van der Waals surface area contributed by atoms with Crippen LogP contribution >= 0.6 is 0 Å². The number of H-pyrrole nitrogens is 1. The van der Waals surface area contributed by atoms with Gasteiger partial charge in [0, 0.05) is 6.42 Å². The second-order valence-electron chi connectivity index (χ2n) is 12.8. The number of aryl methyl sites for hydroxylation is 1. The predicted octanol–water partition coefficient (Wildman–Crippen LogP) is 3.53. The van der Waals surface area contributed by atoms with Crippen LogP contribution in [0.3, 0.4) is 0 Å². The molecule has 4 fully saturated rings. The molecule has 0 spiro atoms. The molecule has 1 heterocycles. The summed E-state index contributed by atoms with van der Waals surface area (Å²) in [5, 5.41) is 36.3. The Morgan fingerprint density at radius 3 is 2.50 bits per heavy atom. The number of nitrogens with one attached hydrogen (secondary N) is 1. The van der Waals surface area contributed by atoms with Gasteiger partial charge < -0.3 is 19.8 Å². The molecule has 0 bridgehead atoms. The van der Waals surface area contributed by atoms with E-state index in [4.69, 9.17) is 4.52 Å². The fourth-order valence-electron chi connectivity index (χ4n) is 9.95. The zero-order valence-corrected chi connectivity index (χ0v) is 21.2. The Labute approximate surface area is 202 Å². The average molecular weight is 477 g/mol. The second-order valence-corrected chi connectivity index (χ2v) is 12.8. The van der Waals surface area contributed by atoms with Crippen molar-refractivity contribution in [3.05, 3.63) is 16.4 Å². The average Bonchev–Trinajstić information content (AvgIpc) is 3.32. The minimum absolute atomic E-state index is 0.00607. The largest absolute Gasteiger partial charge is 0.459 e. The number of aliphatic hydroxyl groups excluding tert-OH is 3. The molecule has 1 aromatic heterocycles. The summed E-state index contributed by atoms with van der Waals surface area (Å²) in [6, 6.07) is 0. The Bertz CT molecular complexity index is 930. The van der Waals surface area contributed by atoms with Gasteiger partial charge in [-0.2, -0.15) is 4.98 Å². The molecule has 7 heteroatoms. The highest BCUT2D eigenvalue weighted by molar-refractivity contribution is 5.15. The van der Waals surface area contributed by atoms with Crippen molar-refractivity contribution in [1.29, 1.82) is 0 Å². The summed E-state index contributed by atoms with van der Waals surface area (Å²) in [6.45, 7) is 9.23. The molecule has 5 rings (SSSR count). The lowest BCUT2D eigenvalue weighted by Gasteiger charge is -2.64. The Morgan fingerprint density at radius 1 is 1.09 bits per heavy atom. The van der Waals surface area contributed by atoms with E-state index >= 15 is 0 Å². The quantitative estimate of drug-likeness (QED) is 0.516. The molecule has 0 aromatic carbocycles. The molecule has 1 aromatic rings. The molecular formula is C27H44N2O5. The smallest absolute Gasteiger partial charge is 0.393 e. The molecule has 4 saturated carbocycles. The maximum absolute atomic E-state index is 11.8. The van der Waals surface area contributed by atoms with Crippen LogP contribution in [0.25, 0.3) is 0 Å². The molecule has 4 aliphatic carbocycles. The van der Waals surface area contributed by atoms with Gasteiger partial charge in [0.1, 0.15) is 5.82 Å². The fourth-order valence-corrected chi connectivity index (χ4v) is 9.95. The first-order valence-electron chi connectivity index (χ1n) is 13.7. The van der Waals surface area contributed by atoms with Gasteiger partial charge in [-0.05, 0) is 97.2 Å². The highest BCUT2D eigenvalue weighted by atomic mass is 16.5. The summed E-state index contributed by atoms with van der Waals surface area (Å²) in [7, 11) is 0. The second kappa shape index (κ2) is 8.74. The minimum Gasteiger partial charge on any atom is -0.393 e. The maximum Gasteiger partial charge on any atom is 0.459 e. The zero-order chi connectivity index (χ0) is 24.4. The van der Waals surface area contributed by atoms with Crippen LogP contribution in [-0.2, 0) is 6.42 Å². The molecule has 12 atom stereocenters. The van der Waals surface area contributed by atoms with Crippen LogP contribution in [0, 0.1) is 52.3 Å². The van der Waals surface area contributed by atoms with Crippen LogP contribution in [-0.4, -0.2) is 43.8 Å². The Balaban J connectivity index is 1.41. The summed E-state index contributed by atoms with van der Waals surface area (Å²) >= 11 is 0. The van der Waals surface area contributed by atoms with Crippen molar-refractivity contribution in [1.82, 2.24) is 10.1 Å². The lowest BCUT2D eigenvalue weighted by atomic mass is 9.41. The number of rotatable bonds is 5. The number of aromatic nitrogens is 2. The number of aromatic amines is 1. The summed E-state index contributed by atoms with van der Waals surface area (Å²) in [6.07, 6.45) is 7.14. The SMILES string of the molecule is CC[C@H]1[C@@H](O)C2C3C[C@H](O)[C@H]([C@H](C)CCc4nc(=O)o[nH]4)[C@@]3(C)CCC2[C@@]2(C)CC[C@@H](O)C[C@@H]12. The van der Waals surface area contributed by atoms with Crippen molar-refractivity contribution in [2.24, 2.45) is 52.3 Å². The number of nitrogens with zero attached hydrogens (tertiary/aromatic N) is 1. The molecule has 4 aliphatic rings. The summed E-state index contributed by atoms with van der Waals surface area (Å²) in [5.74, 6) is 2.03. The van der Waals surface area contributed by atoms with Crippen molar-refractivity contribution in [3.63, 3.8) is 0 Å². The third-order valence-corrected chi connectivity index (χ3v) is 11.4. The van der Waals surface area contributed by atoms with Crippen molar-refractivity contribution in [2.45, 2.75) is 104 Å². The summed E-state index contributed by atoms with van der Waals surface area (Å²) in [4.78, 5) is 15.1. The van der Waals surface area contributed by atoms with Crippen molar-refractivity contribution in [2.75, 3.05) is 0 Å². The topological polar surface area (TPSA) is 120 Å². The molecular weight excluding hydrogens is 432 g/mol. The van der Waals surface area contributed by atoms with Gasteiger partial charge in [0.05, 0.1) is 18.3 Å². The van der Waals surface area contributed by atoms with Gasteiger partial charge in [-0.15, -0.1) is 0 Å². The summed E-state index contributed by atoms with van der Waals surface area (Å²) < 4.78 is 4.72. The van der Waals surface area contributed by atoms with Crippen LogP contribution in [0.1, 0.15) is 84.9 Å². The Kier molecular flexibility index (Phi) is 6.30. The first-order chi connectivity index (χ1) is 16.1. The normalized spacial score (nSPS) is 49.2. The first kappa shape index (κ1) is 24.5. The van der Waals surface area contributed by atoms with E-state index in [9.17, 15) is 20.1 Å². The van der Waals surface area contributed by atoms with E-state index in [0.29, 0.717) is 30.0 Å². The van der Waals surface area contributed by atoms with E-state index in [-0.39, 0.29) is 52.8 Å². The van der Waals surface area contributed by atoms with E-state index < -0.39 is 5.76 Å². The third-order valence-electron chi connectivity index (χ3n) is 11.4. The number of fused-ring (bicyclic) bond motifs is 5. The van der Waals surface area contributed by atoms with Crippen LogP contribution in [0.15, 0.2) is 9.32 Å². The Hall–Kier alpha value is -1.18. The van der Waals surface area contributed by atoms with Crippen molar-refractivity contribution < 1.29 is 19.8 Å². The number of aliphatic hydroxyl groups is 3. The molecule has 0 radical (unpaired) electrons. The van der Waals surface area contributed by atoms with Gasteiger partial charge in [-0.3, -0.25) is 0 Å². The van der Waals surface area contributed by atoms with Crippen molar-refractivity contribution >= 4 is 0 Å². The van der Waals surface area contributed by atoms with Gasteiger partial charge in [0.2, 0.25) is 0 Å². The molecule has 3 unspecified atom stereocenters. The highest BCUT2D eigenvalue weighted by Crippen LogP contribution is 2.69. The van der Waals surface area contributed by atoms with Gasteiger partial charge in [0.15, 0.2) is 0 Å². The van der Waals surface area contributed by atoms with Crippen LogP contribution < -0.4 is 5.76 Å². The lowest BCUT2D eigenvalue weighted by molar-refractivity contribution is -0.203. The molecule has 0 amide bonds. The van der Waals surface area contributed by atoms with Gasteiger partial charge in [-0.1, -0.05) is 34.1 Å². The molecule has 0 aliphatic heterocycles. The minimum atomic E-state index is -0.590. The van der Waals surface area contributed by atoms with Crippen LogP contribution in [0.4, 0.5) is 0 Å². The molecule has 34 heavy (non-hydrogen) atoms. The monoisotopic (exact) mass is 476 g/mol. The van der Waals surface area contributed by atoms with E-state index in [2.05, 4.69) is 37.8 Å². The van der Waals surface area contributed by atoms with Crippen LogP contribution in [0.2, 0.25) is 0 Å². The van der Waals surface area contributed by atoms with E-state index in [1.54, 1.807) is 0 Å². The van der Waals surface area contributed by atoms with Gasteiger partial charge in [-0.25, -0.2) is 9.95 Å². The van der Waals surface area contributed by atoms with Gasteiger partial charge >= 0.3 is 5.76 Å². The molecule has 7 nitrogen and oxygen atoms in total. The van der Waals surface area contributed by atoms with E-state index in [0.717, 1.165) is 51.4 Å². The van der Waals surface area contributed by atoms with E-state index in [1.807, 2.05) is 0 Å². The maximum atomic E-state index is 11.8. The van der Waals surface area contributed by atoms with Crippen LogP contribution in [0.5, 0.6) is 0 Å². The summed E-state index contributed by atoms with van der Waals surface area (Å²) in [5.41, 5.74) is 0.159.